The number of nitrogens with zero attached hydrogens (tertiary/aromatic N) is 2. The molecule has 3 atom stereocenters. The summed E-state index contributed by atoms with van der Waals surface area (Å²) in [6.45, 7) is 14.7. The number of likely N-dealkylation sites (tertiary alicyclic amines) is 1. The molecule has 1 fully saturated rings. The molecule has 1 aliphatic rings. The minimum absolute atomic E-state index is 0.0531. The Morgan fingerprint density at radius 3 is 2.32 bits per heavy atom. The summed E-state index contributed by atoms with van der Waals surface area (Å²) in [6.07, 6.45) is 5.37. The van der Waals surface area contributed by atoms with Crippen molar-refractivity contribution >= 4 is 17.8 Å². The second-order valence-electron chi connectivity index (χ2n) is 9.07. The molecule has 7 nitrogen and oxygen atoms in total. The van der Waals surface area contributed by atoms with Gasteiger partial charge < -0.3 is 15.0 Å². The van der Waals surface area contributed by atoms with E-state index in [1.807, 2.05) is 20.8 Å². The Morgan fingerprint density at radius 2 is 1.81 bits per heavy atom. The molecular formula is C24H43N3O4. The van der Waals surface area contributed by atoms with Crippen LogP contribution in [-0.4, -0.2) is 72.0 Å². The molecule has 1 N–H and O–H groups in total. The normalized spacial score (nSPS) is 19.8. The highest BCUT2D eigenvalue weighted by molar-refractivity contribution is 5.91. The Morgan fingerprint density at radius 1 is 1.16 bits per heavy atom. The van der Waals surface area contributed by atoms with Crippen LogP contribution in [0.3, 0.4) is 0 Å². The van der Waals surface area contributed by atoms with Gasteiger partial charge in [-0.25, -0.2) is 4.79 Å². The highest BCUT2D eigenvalue weighted by Crippen LogP contribution is 2.21. The van der Waals surface area contributed by atoms with Crippen LogP contribution in [0, 0.1) is 5.92 Å². The van der Waals surface area contributed by atoms with Crippen molar-refractivity contribution in [2.24, 2.45) is 5.92 Å². The number of rotatable bonds is 10. The lowest BCUT2D eigenvalue weighted by molar-refractivity contribution is -0.140. The summed E-state index contributed by atoms with van der Waals surface area (Å²) >= 11 is 0. The third kappa shape index (κ3) is 7.63. The number of nitrogens with one attached hydrogen (secondary N) is 1. The van der Waals surface area contributed by atoms with Crippen LogP contribution in [0.25, 0.3) is 0 Å². The Bertz CT molecular complexity index is 645. The molecule has 1 aliphatic heterocycles. The van der Waals surface area contributed by atoms with Crippen molar-refractivity contribution in [1.29, 1.82) is 0 Å². The molecule has 31 heavy (non-hydrogen) atoms. The van der Waals surface area contributed by atoms with E-state index < -0.39 is 6.04 Å². The second kappa shape index (κ2) is 12.8. The van der Waals surface area contributed by atoms with Crippen molar-refractivity contribution in [3.05, 3.63) is 11.6 Å². The molecule has 0 spiro atoms. The van der Waals surface area contributed by atoms with E-state index >= 15 is 0 Å². The molecule has 0 bridgehead atoms. The zero-order valence-corrected chi connectivity index (χ0v) is 20.7. The second-order valence-corrected chi connectivity index (χ2v) is 9.07. The lowest BCUT2D eigenvalue weighted by Gasteiger charge is -2.39. The molecule has 0 aromatic rings. The molecule has 178 valence electrons. The molecule has 0 aromatic carbocycles. The standard InChI is InChI=1S/C24H43N3O4/c1-9-19(15-18(7)24(30)31-10-2)26(8)23(29)21(16(3)4)25-22(28)20-13-11-12-14-27(20)17(5)6/h15-17,19-21H,9-14H2,1-8H3,(H,25,28)/b18-15+/t19?,20-,21+/m1/s1. The molecule has 0 radical (unpaired) electrons. The van der Waals surface area contributed by atoms with E-state index in [1.165, 1.54) is 0 Å². The minimum atomic E-state index is -0.612. The molecule has 1 heterocycles. The van der Waals surface area contributed by atoms with Crippen LogP contribution < -0.4 is 5.32 Å². The van der Waals surface area contributed by atoms with Crippen LogP contribution in [0.15, 0.2) is 11.6 Å². The van der Waals surface area contributed by atoms with Gasteiger partial charge in [-0.3, -0.25) is 14.5 Å². The summed E-state index contributed by atoms with van der Waals surface area (Å²) in [4.78, 5) is 42.3. The predicted octanol–water partition coefficient (Wildman–Crippen LogP) is 3.14. The first-order valence-corrected chi connectivity index (χ1v) is 11.7. The van der Waals surface area contributed by atoms with Gasteiger partial charge in [0.1, 0.15) is 6.04 Å². The van der Waals surface area contributed by atoms with Crippen molar-refractivity contribution in [3.63, 3.8) is 0 Å². The number of piperidine rings is 1. The lowest BCUT2D eigenvalue weighted by atomic mass is 9.97. The van der Waals surface area contributed by atoms with Gasteiger partial charge in [0.15, 0.2) is 0 Å². The molecule has 2 amide bonds. The highest BCUT2D eigenvalue weighted by Gasteiger charge is 2.35. The molecular weight excluding hydrogens is 394 g/mol. The van der Waals surface area contributed by atoms with Crippen LogP contribution in [0.2, 0.25) is 0 Å². The highest BCUT2D eigenvalue weighted by atomic mass is 16.5. The van der Waals surface area contributed by atoms with Crippen LogP contribution >= 0.6 is 0 Å². The quantitative estimate of drug-likeness (QED) is 0.420. The maximum atomic E-state index is 13.3. The zero-order valence-electron chi connectivity index (χ0n) is 20.7. The van der Waals surface area contributed by atoms with Gasteiger partial charge in [0.2, 0.25) is 11.8 Å². The maximum absolute atomic E-state index is 13.3. The predicted molar refractivity (Wildman–Crippen MR) is 123 cm³/mol. The van der Waals surface area contributed by atoms with Crippen molar-refractivity contribution in [2.75, 3.05) is 20.2 Å². The van der Waals surface area contributed by atoms with Gasteiger partial charge in [0, 0.05) is 18.7 Å². The number of carbonyl (C=O) groups is 3. The summed E-state index contributed by atoms with van der Waals surface area (Å²) in [6, 6.07) is -0.774. The van der Waals surface area contributed by atoms with Crippen LogP contribution in [0.5, 0.6) is 0 Å². The Kier molecular flexibility index (Phi) is 11.2. The summed E-state index contributed by atoms with van der Waals surface area (Å²) in [5.74, 6) is -0.639. The Hall–Kier alpha value is -1.89. The first-order chi connectivity index (χ1) is 14.5. The van der Waals surface area contributed by atoms with Gasteiger partial charge in [0.05, 0.1) is 18.7 Å². The topological polar surface area (TPSA) is 79.0 Å². The van der Waals surface area contributed by atoms with Gasteiger partial charge in [0.25, 0.3) is 0 Å². The van der Waals surface area contributed by atoms with Crippen LogP contribution in [0.1, 0.15) is 74.1 Å². The fourth-order valence-electron chi connectivity index (χ4n) is 4.10. The average molecular weight is 438 g/mol. The summed E-state index contributed by atoms with van der Waals surface area (Å²) in [5.41, 5.74) is 0.480. The smallest absolute Gasteiger partial charge is 0.333 e. The largest absolute Gasteiger partial charge is 0.463 e. The monoisotopic (exact) mass is 437 g/mol. The van der Waals surface area contributed by atoms with Crippen molar-refractivity contribution in [1.82, 2.24) is 15.1 Å². The summed E-state index contributed by atoms with van der Waals surface area (Å²) < 4.78 is 5.05. The number of amides is 2. The number of esters is 1. The van der Waals surface area contributed by atoms with Crippen LogP contribution in [0.4, 0.5) is 0 Å². The molecule has 1 rings (SSSR count). The third-order valence-corrected chi connectivity index (χ3v) is 6.04. The maximum Gasteiger partial charge on any atom is 0.333 e. The van der Waals surface area contributed by atoms with E-state index in [9.17, 15) is 14.4 Å². The van der Waals surface area contributed by atoms with E-state index in [2.05, 4.69) is 24.1 Å². The molecule has 0 saturated carbocycles. The van der Waals surface area contributed by atoms with Gasteiger partial charge >= 0.3 is 5.97 Å². The van der Waals surface area contributed by atoms with Crippen LogP contribution in [-0.2, 0) is 19.1 Å². The third-order valence-electron chi connectivity index (χ3n) is 6.04. The van der Waals surface area contributed by atoms with Gasteiger partial charge in [-0.1, -0.05) is 33.3 Å². The first kappa shape index (κ1) is 27.1. The zero-order chi connectivity index (χ0) is 23.7. The SMILES string of the molecule is CCOC(=O)/C(C)=C/C(CC)N(C)C(=O)[C@@H](NC(=O)[C@H]1CCCCN1C(C)C)C(C)C. The van der Waals surface area contributed by atoms with Gasteiger partial charge in [-0.05, 0) is 59.4 Å². The van der Waals surface area contributed by atoms with Gasteiger partial charge in [-0.15, -0.1) is 0 Å². The molecule has 1 saturated heterocycles. The number of likely N-dealkylation sites (N-methyl/N-ethyl adjacent to an activating group) is 1. The number of hydrogen-bond donors (Lipinski definition) is 1. The fraction of sp³-hybridized carbons (Fsp3) is 0.792. The molecule has 0 aromatic heterocycles. The van der Waals surface area contributed by atoms with E-state index in [0.29, 0.717) is 18.6 Å². The number of ether oxygens (including phenoxy) is 1. The average Bonchev–Trinajstić information content (AvgIpc) is 2.74. The first-order valence-electron chi connectivity index (χ1n) is 11.7. The van der Waals surface area contributed by atoms with Gasteiger partial charge in [-0.2, -0.15) is 0 Å². The summed E-state index contributed by atoms with van der Waals surface area (Å²) in [5, 5.41) is 3.04. The number of carbonyl (C=O) groups excluding carboxylic acids is 3. The Balaban J connectivity index is 2.97. The van der Waals surface area contributed by atoms with E-state index in [-0.39, 0.29) is 41.8 Å². The van der Waals surface area contributed by atoms with E-state index in [0.717, 1.165) is 25.8 Å². The molecule has 0 aliphatic carbocycles. The van der Waals surface area contributed by atoms with E-state index in [1.54, 1.807) is 31.9 Å². The lowest BCUT2D eigenvalue weighted by Crippen LogP contribution is -2.58. The van der Waals surface area contributed by atoms with Crippen molar-refractivity contribution in [3.8, 4) is 0 Å². The van der Waals surface area contributed by atoms with E-state index in [4.69, 9.17) is 4.74 Å². The van der Waals surface area contributed by atoms with Crippen molar-refractivity contribution < 1.29 is 19.1 Å². The number of hydrogen-bond acceptors (Lipinski definition) is 5. The molecule has 1 unspecified atom stereocenters. The minimum Gasteiger partial charge on any atom is -0.463 e. The fourth-order valence-corrected chi connectivity index (χ4v) is 4.10. The summed E-state index contributed by atoms with van der Waals surface area (Å²) in [7, 11) is 1.73. The van der Waals surface area contributed by atoms with Crippen molar-refractivity contribution in [2.45, 2.75) is 98.3 Å². The Labute approximate surface area is 188 Å². The molecule has 7 heteroatoms.